The second kappa shape index (κ2) is 44.4. The Hall–Kier alpha value is -5.30. The minimum Gasteiger partial charge on any atom is -0.358 e. The van der Waals surface area contributed by atoms with Crippen LogP contribution in [0.4, 0.5) is 0 Å². The maximum atomic E-state index is 4.31. The Labute approximate surface area is 651 Å². The van der Waals surface area contributed by atoms with Gasteiger partial charge in [-0.2, -0.15) is 0 Å². The first-order chi connectivity index (χ1) is 49.0. The van der Waals surface area contributed by atoms with Crippen molar-refractivity contribution >= 4 is 72.8 Å². The molecule has 570 valence electrons. The summed E-state index contributed by atoms with van der Waals surface area (Å²) in [5.41, 5.74) is 6.87. The molecular weight excluding hydrogens is 1340 g/mol. The molecule has 8 aromatic rings. The Morgan fingerprint density at radius 3 is 0.962 bits per heavy atom. The van der Waals surface area contributed by atoms with Crippen molar-refractivity contribution in [2.75, 3.05) is 24.1 Å². The molecule has 0 spiro atoms. The molecule has 1 atom stereocenters. The van der Waals surface area contributed by atoms with Gasteiger partial charge in [0.15, 0.2) is 5.90 Å². The Bertz CT molecular complexity index is 3460. The predicted molar refractivity (Wildman–Crippen MR) is 489 cm³/mol. The summed E-state index contributed by atoms with van der Waals surface area (Å²) in [7, 11) is -5.04. The van der Waals surface area contributed by atoms with E-state index in [9.17, 15) is 0 Å². The van der Waals surface area contributed by atoms with Crippen LogP contribution in [0.25, 0.3) is 0 Å². The van der Waals surface area contributed by atoms with E-state index >= 15 is 0 Å². The van der Waals surface area contributed by atoms with Gasteiger partial charge in [0.1, 0.15) is 35.7 Å². The molecule has 0 aliphatic rings. The molecule has 0 saturated carbocycles. The minimum atomic E-state index is -2.11. The van der Waals surface area contributed by atoms with Crippen molar-refractivity contribution in [1.29, 1.82) is 0 Å². The molecule has 8 aromatic carbocycles. The fourth-order valence-electron chi connectivity index (χ4n) is 13.4. The highest BCUT2D eigenvalue weighted by Gasteiger charge is 2.58. The number of allylic oxidation sites excluding steroid dienone is 5. The van der Waals surface area contributed by atoms with Crippen molar-refractivity contribution in [3.8, 4) is 0 Å². The van der Waals surface area contributed by atoms with Crippen molar-refractivity contribution in [3.63, 3.8) is 0 Å². The van der Waals surface area contributed by atoms with Gasteiger partial charge in [-0.15, -0.1) is 0 Å². The molecule has 0 nitrogen and oxygen atoms in total. The Morgan fingerprint density at radius 1 is 0.352 bits per heavy atom. The monoisotopic (exact) mass is 1480 g/mol. The lowest BCUT2D eigenvalue weighted by Crippen LogP contribution is -2.36. The molecule has 0 bridgehead atoms. The topological polar surface area (TPSA) is 0 Å². The van der Waals surface area contributed by atoms with Crippen LogP contribution >= 0.6 is 30.4 Å². The van der Waals surface area contributed by atoms with Gasteiger partial charge in [0, 0.05) is 5.90 Å². The quantitative estimate of drug-likeness (QED) is 0.0206. The lowest BCUT2D eigenvalue weighted by Gasteiger charge is -2.37. The van der Waals surface area contributed by atoms with Gasteiger partial charge in [0.25, 0.3) is 0 Å². The smallest absolute Gasteiger partial charge is 0.179 e. The van der Waals surface area contributed by atoms with Gasteiger partial charge >= 0.3 is 0 Å². The Balaban J connectivity index is 0.000000413. The summed E-state index contributed by atoms with van der Waals surface area (Å²) in [6.07, 6.45) is 25.8. The Morgan fingerprint density at radius 2 is 0.638 bits per heavy atom. The van der Waals surface area contributed by atoms with E-state index in [1.165, 1.54) is 109 Å². The van der Waals surface area contributed by atoms with Crippen LogP contribution in [0.3, 0.4) is 0 Å². The van der Waals surface area contributed by atoms with Gasteiger partial charge in [-0.3, -0.25) is 0 Å². The molecule has 1 unspecified atom stereocenters. The zero-order valence-corrected chi connectivity index (χ0v) is 73.8. The van der Waals surface area contributed by atoms with Crippen molar-refractivity contribution in [2.45, 2.75) is 228 Å². The average molecular weight is 1480 g/mol. The molecule has 0 aliphatic heterocycles. The number of hydrogen-bond acceptors (Lipinski definition) is 0. The van der Waals surface area contributed by atoms with Crippen molar-refractivity contribution in [1.82, 2.24) is 0 Å². The molecule has 4 heteroatoms. The highest BCUT2D eigenvalue weighted by molar-refractivity contribution is 8.04. The largest absolute Gasteiger partial charge is 0.358 e. The maximum Gasteiger partial charge on any atom is 0.179 e. The molecule has 8 rings (SSSR count). The third-order valence-electron chi connectivity index (χ3n) is 23.4. The van der Waals surface area contributed by atoms with Gasteiger partial charge in [-0.25, -0.2) is 0 Å². The van der Waals surface area contributed by atoms with Crippen LogP contribution in [0.2, 0.25) is 0 Å². The van der Waals surface area contributed by atoms with Crippen molar-refractivity contribution in [2.24, 2.45) is 38.4 Å². The lowest BCUT2D eigenvalue weighted by atomic mass is 9.77. The van der Waals surface area contributed by atoms with E-state index in [0.717, 1.165) is 38.0 Å². The summed E-state index contributed by atoms with van der Waals surface area (Å²) in [5.74, 6) is 3.02. The highest BCUT2D eigenvalue weighted by Crippen LogP contribution is 2.74. The second-order valence-electron chi connectivity index (χ2n) is 34.6. The fourth-order valence-corrected chi connectivity index (χ4v) is 32.8. The van der Waals surface area contributed by atoms with Gasteiger partial charge in [-0.1, -0.05) is 389 Å². The maximum absolute atomic E-state index is 4.31. The molecule has 0 amide bonds. The van der Waals surface area contributed by atoms with E-state index in [1.54, 1.807) is 32.4 Å². The van der Waals surface area contributed by atoms with Crippen LogP contribution in [-0.2, 0) is 0 Å². The summed E-state index contributed by atoms with van der Waals surface area (Å²) in [6, 6.07) is 91.8. The first-order valence-electron chi connectivity index (χ1n) is 39.7. The van der Waals surface area contributed by atoms with Crippen LogP contribution in [-0.4, -0.2) is 24.1 Å². The molecule has 105 heavy (non-hydrogen) atoms. The van der Waals surface area contributed by atoms with E-state index in [0.29, 0.717) is 27.6 Å². The predicted octanol–water partition coefficient (Wildman–Crippen LogP) is 28.6. The standard InChI is InChI=1S/C57H84P2.C25H22P2.C17H34.2CH3/c1-13-54(5,6)41-29-30-49(44-57(11,12)16-4)46-59(52-35-25-19-26-36-52,53-37-27-20-28-38-53)47-58(50-31-21-17-22-32-50,51-33-23-18-24-34-51)45-48(39-42-55(7,8)14-2)40-43-56(9,10)15-3;1-5-13-22(14-6-1)26(23-15-7-2-8-16-23)21-27(24-17-9-3-10-18-24)25-19-11-4-12-20-25;1-9-16(5,6)12-11-14(3)15(4)13-17(7,8)10-2;;/h17-28,30-39H,13-16,29,40-47H2,1-12H3;1-20H,21H2;14H,4,9-13H2,1-3,5-8H3;2*1H3/q+2;;;2*-1/b48-39-,49-30-;;;;. The number of rotatable bonds is 38. The molecule has 0 fully saturated rings. The molecule has 0 N–H and O–H groups in total. The van der Waals surface area contributed by atoms with Gasteiger partial charge < -0.3 is 14.9 Å². The van der Waals surface area contributed by atoms with Gasteiger partial charge in [-0.05, 0) is 193 Å². The molecule has 0 saturated heterocycles. The van der Waals surface area contributed by atoms with Gasteiger partial charge in [0.2, 0.25) is 0 Å². The Kier molecular flexibility index (Phi) is 38.9. The third-order valence-corrected chi connectivity index (χ3v) is 40.3. The summed E-state index contributed by atoms with van der Waals surface area (Å²) in [4.78, 5) is 0. The first kappa shape index (κ1) is 92.1. The summed E-state index contributed by atoms with van der Waals surface area (Å²) in [6.45, 7) is 50.0. The molecule has 0 heterocycles. The average Bonchev–Trinajstić information content (AvgIpc) is 0.735. The van der Waals surface area contributed by atoms with Crippen LogP contribution < -0.4 is 42.4 Å². The normalized spacial score (nSPS) is 13.0. The van der Waals surface area contributed by atoms with Crippen LogP contribution in [0.1, 0.15) is 228 Å². The summed E-state index contributed by atoms with van der Waals surface area (Å²) in [5, 5.41) is 12.1. The van der Waals surface area contributed by atoms with Crippen molar-refractivity contribution in [3.05, 3.63) is 293 Å². The first-order valence-corrected chi connectivity index (χ1v) is 47.1. The lowest BCUT2D eigenvalue weighted by molar-refractivity contribution is 0.286. The van der Waals surface area contributed by atoms with E-state index in [1.807, 2.05) is 0 Å². The fraction of sp³-hybridized carbons (Fsp3) is 0.446. The summed E-state index contributed by atoms with van der Waals surface area (Å²) < 4.78 is 0. The number of hydrogen-bond donors (Lipinski definition) is 0. The van der Waals surface area contributed by atoms with Crippen LogP contribution in [0, 0.1) is 53.3 Å². The third kappa shape index (κ3) is 29.9. The van der Waals surface area contributed by atoms with E-state index in [2.05, 4.69) is 393 Å². The molecule has 0 radical (unpaired) electrons. The second-order valence-corrected chi connectivity index (χ2v) is 47.2. The zero-order chi connectivity index (χ0) is 75.2. The van der Waals surface area contributed by atoms with Crippen LogP contribution in [0.5, 0.6) is 0 Å². The van der Waals surface area contributed by atoms with E-state index in [-0.39, 0.29) is 25.7 Å². The number of benzene rings is 8. The van der Waals surface area contributed by atoms with E-state index in [4.69, 9.17) is 0 Å². The molecular formula is C101H146P4. The van der Waals surface area contributed by atoms with E-state index < -0.39 is 30.4 Å². The minimum absolute atomic E-state index is 0. The van der Waals surface area contributed by atoms with Crippen molar-refractivity contribution < 1.29 is 0 Å². The SMILES string of the molecule is C=C(CC(C)(C)CC)C(C)CCC(C)(C)CC.CCC(C)(C)C/C=C(/CCC(C)(C)CC)C[P+](C[P+](C/C(=C\CCC(C)(C)CC)CC(C)(C)CC)(c1ccccc1)c1ccccc1)(c1ccccc1)c1ccccc1.[CH3-].[CH3-].c1ccc(P(CP(c2ccccc2)c2ccccc2)c2ccccc2)cc1. The molecule has 0 aromatic heterocycles. The van der Waals surface area contributed by atoms with Crippen LogP contribution in [0.15, 0.2) is 278 Å². The van der Waals surface area contributed by atoms with Gasteiger partial charge in [0.05, 0.1) is 12.3 Å². The zero-order valence-electron chi connectivity index (χ0n) is 70.3. The highest BCUT2D eigenvalue weighted by atomic mass is 31.2. The molecule has 0 aliphatic carbocycles. The summed E-state index contributed by atoms with van der Waals surface area (Å²) >= 11 is 0.